The second-order valence-corrected chi connectivity index (χ2v) is 5.80. The zero-order valence-corrected chi connectivity index (χ0v) is 12.8. The number of fused-ring (bicyclic) bond motifs is 1. The first-order valence-corrected chi connectivity index (χ1v) is 7.36. The lowest BCUT2D eigenvalue weighted by molar-refractivity contribution is 0.296. The fraction of sp³-hybridized carbons (Fsp3) is 0.529. The van der Waals surface area contributed by atoms with E-state index in [4.69, 9.17) is 9.47 Å². The molecule has 0 spiro atoms. The van der Waals surface area contributed by atoms with E-state index in [0.29, 0.717) is 5.92 Å². The van der Waals surface area contributed by atoms with Gasteiger partial charge in [0.05, 0.1) is 13.2 Å². The van der Waals surface area contributed by atoms with E-state index in [1.807, 2.05) is 6.20 Å². The minimum Gasteiger partial charge on any atom is -0.490 e. The Morgan fingerprint density at radius 2 is 2.05 bits per heavy atom. The molecule has 3 nitrogen and oxygen atoms in total. The van der Waals surface area contributed by atoms with E-state index in [1.54, 1.807) is 0 Å². The highest BCUT2D eigenvalue weighted by Gasteiger charge is 2.15. The van der Waals surface area contributed by atoms with Crippen LogP contribution >= 0.6 is 0 Å². The van der Waals surface area contributed by atoms with Crippen LogP contribution in [0.15, 0.2) is 24.9 Å². The van der Waals surface area contributed by atoms with Crippen molar-refractivity contribution in [3.8, 4) is 11.5 Å². The van der Waals surface area contributed by atoms with Gasteiger partial charge in [0, 0.05) is 19.5 Å². The zero-order valence-electron chi connectivity index (χ0n) is 12.8. The number of benzene rings is 1. The smallest absolute Gasteiger partial charge is 0.164 e. The molecular formula is C17H25NO2. The third-order valence-electron chi connectivity index (χ3n) is 3.34. The lowest BCUT2D eigenvalue weighted by Gasteiger charge is -2.23. The fourth-order valence-electron chi connectivity index (χ4n) is 2.52. The molecule has 1 heterocycles. The van der Waals surface area contributed by atoms with Crippen molar-refractivity contribution in [2.75, 3.05) is 19.8 Å². The van der Waals surface area contributed by atoms with Crippen LogP contribution in [-0.4, -0.2) is 24.7 Å². The molecule has 0 aliphatic carbocycles. The first-order valence-electron chi connectivity index (χ1n) is 7.36. The van der Waals surface area contributed by atoms with Gasteiger partial charge in [-0.05, 0) is 36.2 Å². The Morgan fingerprint density at radius 1 is 1.30 bits per heavy atom. The van der Waals surface area contributed by atoms with Gasteiger partial charge < -0.3 is 14.4 Å². The molecule has 0 atom stereocenters. The van der Waals surface area contributed by atoms with Crippen LogP contribution in [0.2, 0.25) is 0 Å². The highest BCUT2D eigenvalue weighted by Crippen LogP contribution is 2.34. The number of rotatable bonds is 5. The largest absolute Gasteiger partial charge is 0.490 e. The summed E-state index contributed by atoms with van der Waals surface area (Å²) < 4.78 is 11.6. The first-order chi connectivity index (χ1) is 9.60. The summed E-state index contributed by atoms with van der Waals surface area (Å²) in [6.07, 6.45) is 2.86. The Hall–Kier alpha value is -1.64. The van der Waals surface area contributed by atoms with Crippen molar-refractivity contribution < 1.29 is 9.47 Å². The number of hydrogen-bond donors (Lipinski definition) is 0. The molecule has 110 valence electrons. The van der Waals surface area contributed by atoms with Crippen molar-refractivity contribution >= 4 is 0 Å². The van der Waals surface area contributed by atoms with Gasteiger partial charge in [-0.1, -0.05) is 26.5 Å². The normalized spacial score (nSPS) is 14.0. The van der Waals surface area contributed by atoms with Crippen LogP contribution in [0.4, 0.5) is 0 Å². The van der Waals surface area contributed by atoms with E-state index < -0.39 is 0 Å². The predicted molar refractivity (Wildman–Crippen MR) is 82.2 cm³/mol. The molecule has 1 aliphatic heterocycles. The molecule has 0 bridgehead atoms. The van der Waals surface area contributed by atoms with Crippen molar-refractivity contribution in [2.24, 2.45) is 5.92 Å². The molecule has 0 saturated heterocycles. The summed E-state index contributed by atoms with van der Waals surface area (Å²) in [5, 5.41) is 0. The van der Waals surface area contributed by atoms with Gasteiger partial charge in [-0.25, -0.2) is 0 Å². The number of nitrogens with zero attached hydrogens (tertiary/aromatic N) is 1. The van der Waals surface area contributed by atoms with Crippen LogP contribution in [0.1, 0.15) is 31.4 Å². The summed E-state index contributed by atoms with van der Waals surface area (Å²) in [6, 6.07) is 4.29. The van der Waals surface area contributed by atoms with Gasteiger partial charge >= 0.3 is 0 Å². The monoisotopic (exact) mass is 275 g/mol. The number of aryl methyl sites for hydroxylation is 1. The Labute approximate surface area is 122 Å². The molecule has 0 aromatic heterocycles. The molecule has 1 aromatic rings. The molecule has 3 heteroatoms. The van der Waals surface area contributed by atoms with E-state index in [2.05, 4.69) is 44.4 Å². The van der Waals surface area contributed by atoms with E-state index in [9.17, 15) is 0 Å². The molecule has 2 rings (SSSR count). The molecular weight excluding hydrogens is 250 g/mol. The Kier molecular flexibility index (Phi) is 4.94. The summed E-state index contributed by atoms with van der Waals surface area (Å²) in [5.74, 6) is 2.40. The van der Waals surface area contributed by atoms with Gasteiger partial charge in [0.1, 0.15) is 0 Å². The molecule has 0 amide bonds. The maximum Gasteiger partial charge on any atom is 0.164 e. The summed E-state index contributed by atoms with van der Waals surface area (Å²) in [6.45, 7) is 13.8. The van der Waals surface area contributed by atoms with Gasteiger partial charge in [-0.3, -0.25) is 0 Å². The fourth-order valence-corrected chi connectivity index (χ4v) is 2.52. The standard InChI is InChI=1S/C17H25NO2/c1-5-18(11-13(2)3)12-15-9-14(4)17-16(10-15)19-7-6-8-20-17/h5,9-10,13H,1,6-8,11-12H2,2-4H3. The molecule has 0 saturated carbocycles. The Balaban J connectivity index is 2.18. The molecule has 0 N–H and O–H groups in total. The topological polar surface area (TPSA) is 21.7 Å². The molecule has 1 aliphatic rings. The molecule has 0 radical (unpaired) electrons. The Morgan fingerprint density at radius 3 is 2.75 bits per heavy atom. The van der Waals surface area contributed by atoms with Gasteiger partial charge in [0.25, 0.3) is 0 Å². The van der Waals surface area contributed by atoms with Crippen LogP contribution in [-0.2, 0) is 6.54 Å². The van der Waals surface area contributed by atoms with Crippen molar-refractivity contribution in [3.63, 3.8) is 0 Å². The maximum atomic E-state index is 5.80. The maximum absolute atomic E-state index is 5.80. The second-order valence-electron chi connectivity index (χ2n) is 5.80. The van der Waals surface area contributed by atoms with Crippen molar-refractivity contribution in [1.29, 1.82) is 0 Å². The second kappa shape index (κ2) is 6.69. The Bertz CT molecular complexity index is 468. The van der Waals surface area contributed by atoms with E-state index >= 15 is 0 Å². The van der Waals surface area contributed by atoms with E-state index in [-0.39, 0.29) is 0 Å². The predicted octanol–water partition coefficient (Wildman–Crippen LogP) is 3.76. The third kappa shape index (κ3) is 3.69. The first kappa shape index (κ1) is 14.8. The average molecular weight is 275 g/mol. The van der Waals surface area contributed by atoms with Crippen LogP contribution in [0, 0.1) is 12.8 Å². The van der Waals surface area contributed by atoms with Gasteiger partial charge in [0.2, 0.25) is 0 Å². The molecule has 0 fully saturated rings. The summed E-state index contributed by atoms with van der Waals surface area (Å²) in [5.41, 5.74) is 2.39. The van der Waals surface area contributed by atoms with Crippen molar-refractivity contribution in [1.82, 2.24) is 4.90 Å². The van der Waals surface area contributed by atoms with Gasteiger partial charge in [0.15, 0.2) is 11.5 Å². The number of ether oxygens (including phenoxy) is 2. The summed E-state index contributed by atoms with van der Waals surface area (Å²) in [7, 11) is 0. The van der Waals surface area contributed by atoms with E-state index in [1.165, 1.54) is 5.56 Å². The van der Waals surface area contributed by atoms with E-state index in [0.717, 1.165) is 49.8 Å². The van der Waals surface area contributed by atoms with Crippen molar-refractivity contribution in [2.45, 2.75) is 33.7 Å². The van der Waals surface area contributed by atoms with Gasteiger partial charge in [-0.2, -0.15) is 0 Å². The van der Waals surface area contributed by atoms with Crippen LogP contribution in [0.5, 0.6) is 11.5 Å². The highest BCUT2D eigenvalue weighted by atomic mass is 16.5. The van der Waals surface area contributed by atoms with Crippen LogP contribution < -0.4 is 9.47 Å². The SMILES string of the molecule is C=CN(Cc1cc(C)c2c(c1)OCCCO2)CC(C)C. The third-order valence-corrected chi connectivity index (χ3v) is 3.34. The quantitative estimate of drug-likeness (QED) is 0.816. The van der Waals surface area contributed by atoms with Crippen LogP contribution in [0.25, 0.3) is 0 Å². The summed E-state index contributed by atoms with van der Waals surface area (Å²) in [4.78, 5) is 2.24. The average Bonchev–Trinajstić information content (AvgIpc) is 2.63. The highest BCUT2D eigenvalue weighted by molar-refractivity contribution is 5.49. The zero-order chi connectivity index (χ0) is 14.5. The van der Waals surface area contributed by atoms with Crippen LogP contribution in [0.3, 0.4) is 0 Å². The summed E-state index contributed by atoms with van der Waals surface area (Å²) >= 11 is 0. The van der Waals surface area contributed by atoms with Crippen molar-refractivity contribution in [3.05, 3.63) is 36.0 Å². The van der Waals surface area contributed by atoms with Gasteiger partial charge in [-0.15, -0.1) is 0 Å². The molecule has 20 heavy (non-hydrogen) atoms. The molecule has 0 unspecified atom stereocenters. The lowest BCUT2D eigenvalue weighted by atomic mass is 10.1. The minimum atomic E-state index is 0.620. The lowest BCUT2D eigenvalue weighted by Crippen LogP contribution is -2.21. The number of hydrogen-bond acceptors (Lipinski definition) is 3. The minimum absolute atomic E-state index is 0.620. The molecule has 1 aromatic carbocycles.